The normalized spacial score (nSPS) is 11.0. The van der Waals surface area contributed by atoms with Crippen LogP contribution in [0.5, 0.6) is 5.88 Å². The summed E-state index contributed by atoms with van der Waals surface area (Å²) in [5.41, 5.74) is 2.99. The number of fused-ring (bicyclic) bond motifs is 1. The third-order valence-corrected chi connectivity index (χ3v) is 6.55. The van der Waals surface area contributed by atoms with Gasteiger partial charge in [-0.2, -0.15) is 4.52 Å². The van der Waals surface area contributed by atoms with Crippen molar-refractivity contribution in [1.29, 1.82) is 0 Å². The fourth-order valence-electron chi connectivity index (χ4n) is 3.37. The van der Waals surface area contributed by atoms with E-state index in [1.54, 1.807) is 22.7 Å². The first-order chi connectivity index (χ1) is 16.6. The topological polar surface area (TPSA) is 94.3 Å². The number of halogens is 1. The number of aryl methyl sites for hydroxylation is 1. The lowest BCUT2D eigenvalue weighted by molar-refractivity contribution is 0.0949. The molecule has 0 spiro atoms. The summed E-state index contributed by atoms with van der Waals surface area (Å²) in [6.45, 7) is 2.40. The molecular formula is C24H19ClN6O2S. The number of thiazole rings is 1. The van der Waals surface area contributed by atoms with E-state index in [9.17, 15) is 4.79 Å². The van der Waals surface area contributed by atoms with Gasteiger partial charge < -0.3 is 10.1 Å². The van der Waals surface area contributed by atoms with E-state index in [-0.39, 0.29) is 12.5 Å². The molecule has 1 amide bonds. The SMILES string of the molecule is Cc1nc(-c2ccccc2)sc1C(=O)NCCOc1ccc2nnc(-c3ccccc3Cl)n2n1. The second-order valence-electron chi connectivity index (χ2n) is 7.35. The standard InChI is InChI=1S/C24H19ClN6O2S/c1-15-21(34-24(27-15)16-7-3-2-4-8-16)23(32)26-13-14-33-20-12-11-19-28-29-22(31(19)30-20)17-9-5-6-10-18(17)25/h2-12H,13-14H2,1H3,(H,26,32). The van der Waals surface area contributed by atoms with Crippen LogP contribution < -0.4 is 10.1 Å². The highest BCUT2D eigenvalue weighted by molar-refractivity contribution is 7.17. The van der Waals surface area contributed by atoms with Crippen molar-refractivity contribution in [3.05, 3.63) is 82.3 Å². The fourth-order valence-corrected chi connectivity index (χ4v) is 4.58. The van der Waals surface area contributed by atoms with E-state index < -0.39 is 0 Å². The quantitative estimate of drug-likeness (QED) is 0.333. The molecule has 0 bridgehead atoms. The number of hydrogen-bond donors (Lipinski definition) is 1. The van der Waals surface area contributed by atoms with Gasteiger partial charge >= 0.3 is 0 Å². The van der Waals surface area contributed by atoms with Crippen molar-refractivity contribution in [3.8, 4) is 27.8 Å². The van der Waals surface area contributed by atoms with Crippen LogP contribution in [0.3, 0.4) is 0 Å². The van der Waals surface area contributed by atoms with Gasteiger partial charge in [-0.1, -0.05) is 54.1 Å². The second kappa shape index (κ2) is 9.58. The van der Waals surface area contributed by atoms with E-state index in [2.05, 4.69) is 25.6 Å². The van der Waals surface area contributed by atoms with Crippen LogP contribution in [0.1, 0.15) is 15.4 Å². The largest absolute Gasteiger partial charge is 0.475 e. The number of carbonyl (C=O) groups is 1. The first-order valence-electron chi connectivity index (χ1n) is 10.5. The molecular weight excluding hydrogens is 472 g/mol. The zero-order chi connectivity index (χ0) is 23.5. The van der Waals surface area contributed by atoms with Crippen LogP contribution in [0.2, 0.25) is 5.02 Å². The van der Waals surface area contributed by atoms with Crippen LogP contribution in [0.4, 0.5) is 0 Å². The Kier molecular flexibility index (Phi) is 6.20. The van der Waals surface area contributed by atoms with E-state index >= 15 is 0 Å². The molecule has 0 atom stereocenters. The number of ether oxygens (including phenoxy) is 1. The minimum Gasteiger partial charge on any atom is -0.475 e. The number of nitrogens with zero attached hydrogens (tertiary/aromatic N) is 5. The molecule has 3 aromatic heterocycles. The zero-order valence-corrected chi connectivity index (χ0v) is 19.7. The molecule has 34 heavy (non-hydrogen) atoms. The molecule has 10 heteroatoms. The average molecular weight is 491 g/mol. The zero-order valence-electron chi connectivity index (χ0n) is 18.1. The fraction of sp³-hybridized carbons (Fsp3) is 0.125. The van der Waals surface area contributed by atoms with Gasteiger partial charge in [-0.15, -0.1) is 26.6 Å². The monoisotopic (exact) mass is 490 g/mol. The van der Waals surface area contributed by atoms with Crippen molar-refractivity contribution in [2.45, 2.75) is 6.92 Å². The minimum absolute atomic E-state index is 0.177. The van der Waals surface area contributed by atoms with E-state index in [0.717, 1.165) is 16.1 Å². The van der Waals surface area contributed by atoms with Gasteiger partial charge in [0.2, 0.25) is 5.88 Å². The smallest absolute Gasteiger partial charge is 0.263 e. The highest BCUT2D eigenvalue weighted by Gasteiger charge is 2.16. The number of amides is 1. The van der Waals surface area contributed by atoms with Gasteiger partial charge in [-0.3, -0.25) is 4.79 Å². The molecule has 5 rings (SSSR count). The molecule has 0 saturated carbocycles. The molecule has 2 aromatic carbocycles. The molecule has 170 valence electrons. The second-order valence-corrected chi connectivity index (χ2v) is 8.76. The molecule has 3 heterocycles. The molecule has 0 saturated heterocycles. The summed E-state index contributed by atoms with van der Waals surface area (Å²) in [7, 11) is 0. The minimum atomic E-state index is -0.177. The average Bonchev–Trinajstić information content (AvgIpc) is 3.46. The molecule has 0 radical (unpaired) electrons. The van der Waals surface area contributed by atoms with E-state index in [1.165, 1.54) is 11.3 Å². The van der Waals surface area contributed by atoms with Gasteiger partial charge in [-0.25, -0.2) is 4.98 Å². The predicted molar refractivity (Wildman–Crippen MR) is 131 cm³/mol. The Morgan fingerprint density at radius 3 is 2.68 bits per heavy atom. The molecule has 0 aliphatic heterocycles. The van der Waals surface area contributed by atoms with Crippen molar-refractivity contribution in [1.82, 2.24) is 30.1 Å². The van der Waals surface area contributed by atoms with Gasteiger partial charge in [0.05, 0.1) is 17.3 Å². The lowest BCUT2D eigenvalue weighted by Crippen LogP contribution is -2.28. The van der Waals surface area contributed by atoms with Crippen molar-refractivity contribution in [2.75, 3.05) is 13.2 Å². The number of nitrogens with one attached hydrogen (secondary N) is 1. The van der Waals surface area contributed by atoms with Gasteiger partial charge in [0.15, 0.2) is 11.5 Å². The lowest BCUT2D eigenvalue weighted by atomic mass is 10.2. The van der Waals surface area contributed by atoms with Crippen LogP contribution in [-0.2, 0) is 0 Å². The molecule has 5 aromatic rings. The third-order valence-electron chi connectivity index (χ3n) is 5.01. The van der Waals surface area contributed by atoms with Crippen molar-refractivity contribution >= 4 is 34.5 Å². The summed E-state index contributed by atoms with van der Waals surface area (Å²) in [6, 6.07) is 20.6. The Labute approximate surface area is 204 Å². The van der Waals surface area contributed by atoms with Crippen LogP contribution >= 0.6 is 22.9 Å². The molecule has 0 aliphatic carbocycles. The Morgan fingerprint density at radius 2 is 1.85 bits per heavy atom. The van der Waals surface area contributed by atoms with Crippen molar-refractivity contribution < 1.29 is 9.53 Å². The van der Waals surface area contributed by atoms with Gasteiger partial charge in [-0.05, 0) is 25.1 Å². The van der Waals surface area contributed by atoms with Crippen LogP contribution in [-0.4, -0.2) is 43.9 Å². The van der Waals surface area contributed by atoms with E-state index in [1.807, 2.05) is 55.5 Å². The number of benzene rings is 2. The Hall–Kier alpha value is -3.82. The number of carbonyl (C=O) groups excluding carboxylic acids is 1. The summed E-state index contributed by atoms with van der Waals surface area (Å²) >= 11 is 7.68. The van der Waals surface area contributed by atoms with Gasteiger partial charge in [0.25, 0.3) is 5.91 Å². The van der Waals surface area contributed by atoms with E-state index in [4.69, 9.17) is 16.3 Å². The maximum Gasteiger partial charge on any atom is 0.263 e. The maximum absolute atomic E-state index is 12.7. The summed E-state index contributed by atoms with van der Waals surface area (Å²) in [5, 5.41) is 17.1. The summed E-state index contributed by atoms with van der Waals surface area (Å²) in [6.07, 6.45) is 0. The number of aromatic nitrogens is 5. The van der Waals surface area contributed by atoms with Crippen molar-refractivity contribution in [3.63, 3.8) is 0 Å². The number of hydrogen-bond acceptors (Lipinski definition) is 7. The van der Waals surface area contributed by atoms with Gasteiger partial charge in [0.1, 0.15) is 16.5 Å². The first kappa shape index (κ1) is 22.0. The summed E-state index contributed by atoms with van der Waals surface area (Å²) in [5.74, 6) is 0.730. The Bertz CT molecular complexity index is 1470. The van der Waals surface area contributed by atoms with Gasteiger partial charge in [0, 0.05) is 17.2 Å². The third kappa shape index (κ3) is 4.48. The molecule has 0 unspecified atom stereocenters. The summed E-state index contributed by atoms with van der Waals surface area (Å²) in [4.78, 5) is 17.8. The highest BCUT2D eigenvalue weighted by Crippen LogP contribution is 2.28. The van der Waals surface area contributed by atoms with E-state index in [0.29, 0.717) is 39.5 Å². The molecule has 1 N–H and O–H groups in total. The van der Waals surface area contributed by atoms with Crippen LogP contribution in [0.15, 0.2) is 66.7 Å². The van der Waals surface area contributed by atoms with Crippen molar-refractivity contribution in [2.24, 2.45) is 0 Å². The molecule has 8 nitrogen and oxygen atoms in total. The Balaban J connectivity index is 1.22. The van der Waals surface area contributed by atoms with Crippen LogP contribution in [0, 0.1) is 6.92 Å². The molecule has 0 aliphatic rings. The maximum atomic E-state index is 12.7. The highest BCUT2D eigenvalue weighted by atomic mass is 35.5. The molecule has 0 fully saturated rings. The number of rotatable bonds is 7. The Morgan fingerprint density at radius 1 is 1.06 bits per heavy atom. The lowest BCUT2D eigenvalue weighted by Gasteiger charge is -2.07. The van der Waals surface area contributed by atoms with Crippen LogP contribution in [0.25, 0.3) is 27.6 Å². The first-order valence-corrected chi connectivity index (χ1v) is 11.7. The predicted octanol–water partition coefficient (Wildman–Crippen LogP) is 4.69. The summed E-state index contributed by atoms with van der Waals surface area (Å²) < 4.78 is 7.33.